The van der Waals surface area contributed by atoms with Crippen LogP contribution in [0.15, 0.2) is 22.7 Å². The Morgan fingerprint density at radius 1 is 1.21 bits per heavy atom. The number of benzene rings is 1. The van der Waals surface area contributed by atoms with Crippen LogP contribution >= 0.6 is 15.9 Å². The number of hydrogen-bond acceptors (Lipinski definition) is 5. The van der Waals surface area contributed by atoms with E-state index in [0.29, 0.717) is 23.6 Å². The molecule has 0 fully saturated rings. The Morgan fingerprint density at radius 2 is 2.04 bits per heavy atom. The van der Waals surface area contributed by atoms with Gasteiger partial charge >= 0.3 is 5.97 Å². The molecule has 6 nitrogen and oxygen atoms in total. The zero-order chi connectivity index (χ0) is 17.4. The Bertz CT molecular complexity index is 673. The van der Waals surface area contributed by atoms with Crippen molar-refractivity contribution in [1.29, 1.82) is 0 Å². The summed E-state index contributed by atoms with van der Waals surface area (Å²) in [5, 5.41) is 10.5. The first-order valence-electron chi connectivity index (χ1n) is 8.18. The predicted molar refractivity (Wildman–Crippen MR) is 95.1 cm³/mol. The lowest BCUT2D eigenvalue weighted by molar-refractivity contribution is 0.0520. The number of nitrogens with one attached hydrogen (secondary N) is 1. The van der Waals surface area contributed by atoms with Crippen molar-refractivity contribution in [2.45, 2.75) is 39.5 Å². The maximum absolute atomic E-state index is 12.0. The molecule has 24 heavy (non-hydrogen) atoms. The molecule has 0 saturated heterocycles. The second-order valence-electron chi connectivity index (χ2n) is 5.29. The smallest absolute Gasteiger partial charge is 0.361 e. The molecule has 0 saturated carbocycles. The number of aromatic nitrogens is 3. The molecule has 2 aromatic rings. The van der Waals surface area contributed by atoms with E-state index in [1.54, 1.807) is 6.92 Å². The molecule has 0 radical (unpaired) electrons. The lowest BCUT2D eigenvalue weighted by Gasteiger charge is -2.11. The number of esters is 1. The quantitative estimate of drug-likeness (QED) is 0.503. The first kappa shape index (κ1) is 18.4. The highest BCUT2D eigenvalue weighted by molar-refractivity contribution is 9.10. The highest BCUT2D eigenvalue weighted by Crippen LogP contribution is 2.33. The van der Waals surface area contributed by atoms with Gasteiger partial charge in [-0.3, -0.25) is 0 Å². The van der Waals surface area contributed by atoms with Crippen molar-refractivity contribution in [2.75, 3.05) is 13.2 Å². The van der Waals surface area contributed by atoms with Gasteiger partial charge in [-0.05, 0) is 31.5 Å². The fourth-order valence-electron chi connectivity index (χ4n) is 2.28. The molecule has 1 N–H and O–H groups in total. The van der Waals surface area contributed by atoms with E-state index >= 15 is 0 Å². The van der Waals surface area contributed by atoms with Gasteiger partial charge in [0.2, 0.25) is 0 Å². The van der Waals surface area contributed by atoms with Crippen LogP contribution in [-0.4, -0.2) is 34.6 Å². The zero-order valence-corrected chi connectivity index (χ0v) is 15.6. The van der Waals surface area contributed by atoms with Crippen LogP contribution in [0.1, 0.15) is 50.0 Å². The van der Waals surface area contributed by atoms with E-state index in [1.165, 1.54) is 12.8 Å². The van der Waals surface area contributed by atoms with Crippen molar-refractivity contribution in [3.05, 3.63) is 28.4 Å². The van der Waals surface area contributed by atoms with Crippen molar-refractivity contribution in [2.24, 2.45) is 0 Å². The normalized spacial score (nSPS) is 10.6. The number of unbranched alkanes of at least 4 members (excludes halogenated alkanes) is 3. The summed E-state index contributed by atoms with van der Waals surface area (Å²) >= 11 is 3.45. The van der Waals surface area contributed by atoms with Gasteiger partial charge in [-0.1, -0.05) is 42.1 Å². The number of nitrogens with zero attached hydrogens (tertiary/aromatic N) is 2. The first-order chi connectivity index (χ1) is 11.7. The van der Waals surface area contributed by atoms with Crippen LogP contribution in [0, 0.1) is 0 Å². The summed E-state index contributed by atoms with van der Waals surface area (Å²) in [6.45, 7) is 4.84. The molecular weight excluding hydrogens is 374 g/mol. The van der Waals surface area contributed by atoms with Gasteiger partial charge in [0.05, 0.1) is 13.2 Å². The van der Waals surface area contributed by atoms with Crippen LogP contribution in [-0.2, 0) is 4.74 Å². The minimum absolute atomic E-state index is 0.158. The molecule has 0 atom stereocenters. The number of ether oxygens (including phenoxy) is 2. The van der Waals surface area contributed by atoms with Crippen LogP contribution in [0.2, 0.25) is 0 Å². The van der Waals surface area contributed by atoms with E-state index in [-0.39, 0.29) is 12.3 Å². The second-order valence-corrected chi connectivity index (χ2v) is 6.21. The molecule has 130 valence electrons. The maximum Gasteiger partial charge on any atom is 0.361 e. The van der Waals surface area contributed by atoms with Crippen molar-refractivity contribution < 1.29 is 14.3 Å². The van der Waals surface area contributed by atoms with E-state index in [0.717, 1.165) is 17.3 Å². The van der Waals surface area contributed by atoms with E-state index in [4.69, 9.17) is 9.47 Å². The van der Waals surface area contributed by atoms with E-state index in [1.807, 2.05) is 18.2 Å². The molecule has 0 unspecified atom stereocenters. The van der Waals surface area contributed by atoms with Crippen LogP contribution < -0.4 is 4.74 Å². The third kappa shape index (κ3) is 4.80. The van der Waals surface area contributed by atoms with Gasteiger partial charge < -0.3 is 9.47 Å². The summed E-state index contributed by atoms with van der Waals surface area (Å²) in [6, 6.07) is 5.62. The molecule has 1 aromatic carbocycles. The molecule has 0 aliphatic heterocycles. The summed E-state index contributed by atoms with van der Waals surface area (Å²) < 4.78 is 11.8. The maximum atomic E-state index is 12.0. The molecule has 1 aromatic heterocycles. The standard InChI is InChI=1S/C17H22BrN3O3/c1-3-5-6-7-10-24-14-9-8-12(18)11-13(14)15-16(20-21-19-15)17(22)23-4-2/h8-9,11H,3-7,10H2,1-2H3,(H,19,20,21). The van der Waals surface area contributed by atoms with Crippen molar-refractivity contribution in [3.8, 4) is 17.0 Å². The lowest BCUT2D eigenvalue weighted by Crippen LogP contribution is -2.07. The number of rotatable bonds is 9. The Labute approximate surface area is 150 Å². The minimum atomic E-state index is -0.505. The van der Waals surface area contributed by atoms with E-state index < -0.39 is 5.97 Å². The van der Waals surface area contributed by atoms with Gasteiger partial charge in [-0.25, -0.2) is 4.79 Å². The zero-order valence-electron chi connectivity index (χ0n) is 14.0. The fourth-order valence-corrected chi connectivity index (χ4v) is 2.65. The van der Waals surface area contributed by atoms with Gasteiger partial charge in [-0.15, -0.1) is 5.10 Å². The van der Waals surface area contributed by atoms with Crippen LogP contribution in [0.4, 0.5) is 0 Å². The molecule has 0 amide bonds. The van der Waals surface area contributed by atoms with E-state index in [9.17, 15) is 4.79 Å². The molecule has 0 bridgehead atoms. The van der Waals surface area contributed by atoms with Crippen molar-refractivity contribution >= 4 is 21.9 Å². The van der Waals surface area contributed by atoms with Gasteiger partial charge in [0.25, 0.3) is 0 Å². The number of hydrogen-bond donors (Lipinski definition) is 1. The Kier molecular flexibility index (Phi) is 7.24. The first-order valence-corrected chi connectivity index (χ1v) is 8.97. The fraction of sp³-hybridized carbons (Fsp3) is 0.471. The van der Waals surface area contributed by atoms with E-state index in [2.05, 4.69) is 38.3 Å². The topological polar surface area (TPSA) is 77.1 Å². The third-order valence-electron chi connectivity index (χ3n) is 3.47. The largest absolute Gasteiger partial charge is 0.493 e. The van der Waals surface area contributed by atoms with Gasteiger partial charge in [0.15, 0.2) is 5.69 Å². The summed E-state index contributed by atoms with van der Waals surface area (Å²) in [7, 11) is 0. The van der Waals surface area contributed by atoms with Crippen LogP contribution in [0.3, 0.4) is 0 Å². The van der Waals surface area contributed by atoms with Gasteiger partial charge in [-0.2, -0.15) is 10.3 Å². The molecule has 2 rings (SSSR count). The molecular formula is C17H22BrN3O3. The molecule has 1 heterocycles. The summed E-state index contributed by atoms with van der Waals surface area (Å²) in [4.78, 5) is 12.0. The number of carbonyl (C=O) groups is 1. The molecule has 7 heteroatoms. The summed E-state index contributed by atoms with van der Waals surface area (Å²) in [5.41, 5.74) is 1.29. The average molecular weight is 396 g/mol. The Morgan fingerprint density at radius 3 is 2.79 bits per heavy atom. The minimum Gasteiger partial charge on any atom is -0.493 e. The molecule has 0 spiro atoms. The van der Waals surface area contributed by atoms with Gasteiger partial charge in [0.1, 0.15) is 11.4 Å². The summed E-state index contributed by atoms with van der Waals surface area (Å²) in [6.07, 6.45) is 4.52. The number of aromatic amines is 1. The molecule has 0 aliphatic carbocycles. The van der Waals surface area contributed by atoms with Crippen LogP contribution in [0.5, 0.6) is 5.75 Å². The highest BCUT2D eigenvalue weighted by Gasteiger charge is 2.22. The van der Waals surface area contributed by atoms with Crippen LogP contribution in [0.25, 0.3) is 11.3 Å². The number of halogens is 1. The van der Waals surface area contributed by atoms with Crippen molar-refractivity contribution in [1.82, 2.24) is 15.4 Å². The Balaban J connectivity index is 2.22. The monoisotopic (exact) mass is 395 g/mol. The Hall–Kier alpha value is -1.89. The molecule has 0 aliphatic rings. The second kappa shape index (κ2) is 9.42. The predicted octanol–water partition coefficient (Wildman–Crippen LogP) is 4.37. The van der Waals surface area contributed by atoms with Crippen molar-refractivity contribution in [3.63, 3.8) is 0 Å². The lowest BCUT2D eigenvalue weighted by atomic mass is 10.1. The number of carbonyl (C=O) groups excluding carboxylic acids is 1. The number of H-pyrrole nitrogens is 1. The highest BCUT2D eigenvalue weighted by atomic mass is 79.9. The average Bonchev–Trinajstić information content (AvgIpc) is 3.05. The SMILES string of the molecule is CCCCCCOc1ccc(Br)cc1-c1n[nH]nc1C(=O)OCC. The van der Waals surface area contributed by atoms with Gasteiger partial charge in [0, 0.05) is 10.0 Å². The third-order valence-corrected chi connectivity index (χ3v) is 3.96. The summed E-state index contributed by atoms with van der Waals surface area (Å²) in [5.74, 6) is 0.171.